The van der Waals surface area contributed by atoms with Crippen LogP contribution in [0.2, 0.25) is 0 Å². The molecular formula is C16H14N2O4. The number of para-hydroxylation sites is 1. The molecule has 0 heterocycles. The lowest BCUT2D eigenvalue weighted by Gasteiger charge is -2.20. The summed E-state index contributed by atoms with van der Waals surface area (Å²) in [7, 11) is 1.46. The summed E-state index contributed by atoms with van der Waals surface area (Å²) in [5, 5.41) is 9.16. The number of amides is 2. The van der Waals surface area contributed by atoms with Crippen molar-refractivity contribution in [2.75, 3.05) is 11.9 Å². The minimum atomic E-state index is -1.19. The molecule has 0 saturated carbocycles. The van der Waals surface area contributed by atoms with Crippen LogP contribution in [0, 0.1) is 0 Å². The molecule has 2 rings (SSSR count). The predicted molar refractivity (Wildman–Crippen MR) is 81.1 cm³/mol. The monoisotopic (exact) mass is 298 g/mol. The molecule has 2 aromatic rings. The second kappa shape index (κ2) is 6.09. The number of aromatic carboxylic acids is 1. The topological polar surface area (TPSA) is 101 Å². The van der Waals surface area contributed by atoms with Gasteiger partial charge in [0.25, 0.3) is 11.8 Å². The molecule has 0 fully saturated rings. The van der Waals surface area contributed by atoms with Gasteiger partial charge in [0.15, 0.2) is 0 Å². The summed E-state index contributed by atoms with van der Waals surface area (Å²) in [5.74, 6) is -2.39. The fraction of sp³-hybridized carbons (Fsp3) is 0.0625. The molecule has 0 atom stereocenters. The molecule has 0 unspecified atom stereocenters. The van der Waals surface area contributed by atoms with Gasteiger partial charge in [-0.3, -0.25) is 9.59 Å². The maximum absolute atomic E-state index is 12.6. The number of carbonyl (C=O) groups excluding carboxylic acids is 2. The van der Waals surface area contributed by atoms with E-state index in [1.807, 2.05) is 0 Å². The highest BCUT2D eigenvalue weighted by molar-refractivity contribution is 6.13. The lowest BCUT2D eigenvalue weighted by molar-refractivity contribution is 0.0691. The number of carboxylic acids is 1. The first-order chi connectivity index (χ1) is 10.4. The van der Waals surface area contributed by atoms with Gasteiger partial charge in [-0.1, -0.05) is 24.3 Å². The van der Waals surface area contributed by atoms with Crippen LogP contribution < -0.4 is 10.6 Å². The zero-order chi connectivity index (χ0) is 16.3. The van der Waals surface area contributed by atoms with Gasteiger partial charge in [0.2, 0.25) is 0 Å². The number of carbonyl (C=O) groups is 3. The minimum Gasteiger partial charge on any atom is -0.478 e. The second-order valence-corrected chi connectivity index (χ2v) is 4.60. The zero-order valence-electron chi connectivity index (χ0n) is 11.8. The van der Waals surface area contributed by atoms with Crippen LogP contribution in [0.15, 0.2) is 48.5 Å². The van der Waals surface area contributed by atoms with Gasteiger partial charge >= 0.3 is 5.97 Å². The first-order valence-electron chi connectivity index (χ1n) is 6.42. The van der Waals surface area contributed by atoms with Crippen molar-refractivity contribution in [2.24, 2.45) is 5.73 Å². The van der Waals surface area contributed by atoms with Gasteiger partial charge in [-0.2, -0.15) is 0 Å². The van der Waals surface area contributed by atoms with E-state index < -0.39 is 17.8 Å². The molecule has 0 saturated heterocycles. The number of nitrogens with two attached hydrogens (primary N) is 1. The molecule has 2 aromatic carbocycles. The van der Waals surface area contributed by atoms with Crippen molar-refractivity contribution in [2.45, 2.75) is 0 Å². The Kier molecular flexibility index (Phi) is 4.22. The van der Waals surface area contributed by atoms with Crippen LogP contribution in [-0.4, -0.2) is 29.9 Å². The highest BCUT2D eigenvalue weighted by Gasteiger charge is 2.22. The third-order valence-corrected chi connectivity index (χ3v) is 3.22. The van der Waals surface area contributed by atoms with Gasteiger partial charge in [0, 0.05) is 7.05 Å². The van der Waals surface area contributed by atoms with Crippen molar-refractivity contribution in [1.29, 1.82) is 0 Å². The molecule has 0 aliphatic rings. The lowest BCUT2D eigenvalue weighted by Crippen LogP contribution is -2.30. The smallest absolute Gasteiger partial charge is 0.336 e. The highest BCUT2D eigenvalue weighted by Crippen LogP contribution is 2.22. The maximum Gasteiger partial charge on any atom is 0.336 e. The van der Waals surface area contributed by atoms with Crippen molar-refractivity contribution in [3.63, 3.8) is 0 Å². The Balaban J connectivity index is 2.47. The van der Waals surface area contributed by atoms with E-state index >= 15 is 0 Å². The summed E-state index contributed by atoms with van der Waals surface area (Å²) in [5.41, 5.74) is 5.74. The molecule has 0 aromatic heterocycles. The Morgan fingerprint density at radius 2 is 1.41 bits per heavy atom. The summed E-state index contributed by atoms with van der Waals surface area (Å²) in [6.45, 7) is 0. The molecule has 0 aliphatic heterocycles. The Hall–Kier alpha value is -3.15. The molecule has 3 N–H and O–H groups in total. The van der Waals surface area contributed by atoms with Gasteiger partial charge in [0.1, 0.15) is 0 Å². The molecule has 0 aliphatic carbocycles. The molecular weight excluding hydrogens is 284 g/mol. The van der Waals surface area contributed by atoms with Crippen LogP contribution in [0.4, 0.5) is 5.69 Å². The Morgan fingerprint density at radius 3 is 1.95 bits per heavy atom. The van der Waals surface area contributed by atoms with Crippen molar-refractivity contribution >= 4 is 23.5 Å². The van der Waals surface area contributed by atoms with E-state index in [0.717, 1.165) is 0 Å². The van der Waals surface area contributed by atoms with Crippen molar-refractivity contribution in [1.82, 2.24) is 0 Å². The van der Waals surface area contributed by atoms with E-state index in [4.69, 9.17) is 10.8 Å². The van der Waals surface area contributed by atoms with Crippen molar-refractivity contribution in [3.8, 4) is 0 Å². The standard InChI is InChI=1S/C16H14N2O4/c1-18(13-9-5-4-8-12(13)14(17)19)15(20)10-6-2-3-7-11(10)16(21)22/h2-9H,1H3,(H2,17,19)(H,21,22). The fourth-order valence-corrected chi connectivity index (χ4v) is 2.12. The molecule has 22 heavy (non-hydrogen) atoms. The number of benzene rings is 2. The van der Waals surface area contributed by atoms with Crippen LogP contribution in [0.3, 0.4) is 0 Å². The number of carboxylic acid groups (broad SMARTS) is 1. The molecule has 0 spiro atoms. The molecule has 0 radical (unpaired) electrons. The Labute approximate surface area is 126 Å². The Morgan fingerprint density at radius 1 is 0.909 bits per heavy atom. The fourth-order valence-electron chi connectivity index (χ4n) is 2.12. The van der Waals surface area contributed by atoms with E-state index in [2.05, 4.69) is 0 Å². The largest absolute Gasteiger partial charge is 0.478 e. The number of primary amides is 1. The van der Waals surface area contributed by atoms with Crippen LogP contribution in [-0.2, 0) is 0 Å². The molecule has 6 nitrogen and oxygen atoms in total. The quantitative estimate of drug-likeness (QED) is 0.898. The van der Waals surface area contributed by atoms with Crippen molar-refractivity contribution in [3.05, 3.63) is 65.2 Å². The van der Waals surface area contributed by atoms with Gasteiger partial charge in [-0.15, -0.1) is 0 Å². The van der Waals surface area contributed by atoms with Crippen molar-refractivity contribution < 1.29 is 19.5 Å². The molecule has 0 bridgehead atoms. The Bertz CT molecular complexity index is 755. The first-order valence-corrected chi connectivity index (χ1v) is 6.42. The van der Waals surface area contributed by atoms with E-state index in [1.54, 1.807) is 24.3 Å². The number of hydrogen-bond donors (Lipinski definition) is 2. The number of nitrogens with zero attached hydrogens (tertiary/aromatic N) is 1. The van der Waals surface area contributed by atoms with E-state index in [0.29, 0.717) is 5.69 Å². The zero-order valence-corrected chi connectivity index (χ0v) is 11.8. The van der Waals surface area contributed by atoms with E-state index in [9.17, 15) is 14.4 Å². The summed E-state index contributed by atoms with van der Waals surface area (Å²) in [4.78, 5) is 36.4. The maximum atomic E-state index is 12.6. The number of rotatable bonds is 4. The van der Waals surface area contributed by atoms with Crippen LogP contribution in [0.1, 0.15) is 31.1 Å². The SMILES string of the molecule is CN(C(=O)c1ccccc1C(=O)O)c1ccccc1C(N)=O. The summed E-state index contributed by atoms with van der Waals surface area (Å²) in [6.07, 6.45) is 0. The number of hydrogen-bond acceptors (Lipinski definition) is 3. The van der Waals surface area contributed by atoms with Gasteiger partial charge < -0.3 is 15.7 Å². The predicted octanol–water partition coefficient (Wildman–Crippen LogP) is 1.76. The van der Waals surface area contributed by atoms with Gasteiger partial charge in [0.05, 0.1) is 22.4 Å². The summed E-state index contributed by atoms with van der Waals surface area (Å²) in [6, 6.07) is 12.3. The lowest BCUT2D eigenvalue weighted by atomic mass is 10.1. The molecule has 2 amide bonds. The average Bonchev–Trinajstić information content (AvgIpc) is 2.53. The third kappa shape index (κ3) is 2.80. The first kappa shape index (κ1) is 15.2. The highest BCUT2D eigenvalue weighted by atomic mass is 16.4. The van der Waals surface area contributed by atoms with Gasteiger partial charge in [-0.25, -0.2) is 4.79 Å². The average molecular weight is 298 g/mol. The van der Waals surface area contributed by atoms with Crippen LogP contribution in [0.25, 0.3) is 0 Å². The van der Waals surface area contributed by atoms with E-state index in [-0.39, 0.29) is 16.7 Å². The van der Waals surface area contributed by atoms with Crippen LogP contribution in [0.5, 0.6) is 0 Å². The summed E-state index contributed by atoms with van der Waals surface area (Å²) < 4.78 is 0. The number of anilines is 1. The third-order valence-electron chi connectivity index (χ3n) is 3.22. The second-order valence-electron chi connectivity index (χ2n) is 4.60. The molecule has 6 heteroatoms. The van der Waals surface area contributed by atoms with E-state index in [1.165, 1.54) is 36.2 Å². The summed E-state index contributed by atoms with van der Waals surface area (Å²) >= 11 is 0. The minimum absolute atomic E-state index is 0.0387. The van der Waals surface area contributed by atoms with Crippen LogP contribution >= 0.6 is 0 Å². The normalized spacial score (nSPS) is 10.0. The van der Waals surface area contributed by atoms with Gasteiger partial charge in [-0.05, 0) is 24.3 Å². The molecule has 112 valence electrons.